The number of methoxy groups -OCH3 is 1. The number of carbonyl (C=O) groups excluding carboxylic acids is 1. The van der Waals surface area contributed by atoms with Gasteiger partial charge in [-0.3, -0.25) is 9.89 Å². The van der Waals surface area contributed by atoms with Crippen LogP contribution < -0.4 is 10.1 Å². The Morgan fingerprint density at radius 1 is 1.45 bits per heavy atom. The number of carbonyl (C=O) groups is 1. The number of benzene rings is 1. The lowest BCUT2D eigenvalue weighted by Crippen LogP contribution is -2.23. The molecule has 0 saturated carbocycles. The van der Waals surface area contributed by atoms with E-state index < -0.39 is 0 Å². The Labute approximate surface area is 115 Å². The number of nitrogens with one attached hydrogen (secondary N) is 2. The van der Waals surface area contributed by atoms with Crippen LogP contribution in [0, 0.1) is 6.92 Å². The lowest BCUT2D eigenvalue weighted by Gasteiger charge is -2.23. The van der Waals surface area contributed by atoms with Crippen LogP contribution in [0.3, 0.4) is 0 Å². The molecule has 1 unspecified atom stereocenters. The summed E-state index contributed by atoms with van der Waals surface area (Å²) in [6.07, 6.45) is 0.332. The standard InChI is InChI=1S/C14H15N3O3/c1-7-13-9(6-12(19)15-14(13)17-16-7)8-3-4-11(20-2)10(18)5-8/h3-5,9,18H,6H2,1-2H3,(H2,15,16,17,19). The molecule has 1 aliphatic rings. The van der Waals surface area contributed by atoms with E-state index in [0.29, 0.717) is 18.0 Å². The van der Waals surface area contributed by atoms with Crippen LogP contribution in [0.5, 0.6) is 11.5 Å². The number of anilines is 1. The third-order valence-corrected chi connectivity index (χ3v) is 3.60. The predicted molar refractivity (Wildman–Crippen MR) is 73.1 cm³/mol. The van der Waals surface area contributed by atoms with Crippen molar-refractivity contribution in [3.8, 4) is 11.5 Å². The predicted octanol–water partition coefficient (Wildman–Crippen LogP) is 1.91. The van der Waals surface area contributed by atoms with Gasteiger partial charge in [-0.15, -0.1) is 0 Å². The van der Waals surface area contributed by atoms with Crippen LogP contribution in [-0.2, 0) is 4.79 Å². The fourth-order valence-corrected chi connectivity index (χ4v) is 2.64. The molecule has 1 aromatic carbocycles. The number of H-pyrrole nitrogens is 1. The van der Waals surface area contributed by atoms with E-state index in [1.165, 1.54) is 7.11 Å². The number of rotatable bonds is 2. The molecule has 1 atom stereocenters. The van der Waals surface area contributed by atoms with Crippen molar-refractivity contribution in [1.29, 1.82) is 0 Å². The van der Waals surface area contributed by atoms with Crippen LogP contribution in [0.25, 0.3) is 0 Å². The quantitative estimate of drug-likeness (QED) is 0.780. The van der Waals surface area contributed by atoms with Gasteiger partial charge in [0, 0.05) is 23.6 Å². The molecule has 104 valence electrons. The van der Waals surface area contributed by atoms with Gasteiger partial charge in [-0.05, 0) is 24.6 Å². The topological polar surface area (TPSA) is 87.2 Å². The van der Waals surface area contributed by atoms with Crippen LogP contribution in [0.1, 0.15) is 29.2 Å². The van der Waals surface area contributed by atoms with E-state index in [2.05, 4.69) is 15.5 Å². The van der Waals surface area contributed by atoms with Crippen molar-refractivity contribution in [2.75, 3.05) is 12.4 Å². The number of amides is 1. The highest BCUT2D eigenvalue weighted by molar-refractivity contribution is 5.94. The number of aryl methyl sites for hydroxylation is 1. The molecule has 6 heteroatoms. The summed E-state index contributed by atoms with van der Waals surface area (Å²) in [4.78, 5) is 11.8. The first-order valence-electron chi connectivity index (χ1n) is 6.31. The van der Waals surface area contributed by atoms with Crippen LogP contribution in [0.15, 0.2) is 18.2 Å². The second kappa shape index (κ2) is 4.56. The van der Waals surface area contributed by atoms with Crippen molar-refractivity contribution >= 4 is 11.7 Å². The van der Waals surface area contributed by atoms with Crippen molar-refractivity contribution in [3.05, 3.63) is 35.0 Å². The average molecular weight is 273 g/mol. The summed E-state index contributed by atoms with van der Waals surface area (Å²) in [5.41, 5.74) is 2.75. The monoisotopic (exact) mass is 273 g/mol. The van der Waals surface area contributed by atoms with E-state index in [9.17, 15) is 9.90 Å². The molecular weight excluding hydrogens is 258 g/mol. The van der Waals surface area contributed by atoms with Gasteiger partial charge in [0.05, 0.1) is 7.11 Å². The van der Waals surface area contributed by atoms with Crippen molar-refractivity contribution in [2.45, 2.75) is 19.3 Å². The zero-order valence-electron chi connectivity index (χ0n) is 11.2. The minimum absolute atomic E-state index is 0.0682. The maximum Gasteiger partial charge on any atom is 0.226 e. The minimum atomic E-state index is -0.116. The molecule has 0 spiro atoms. The fourth-order valence-electron chi connectivity index (χ4n) is 2.64. The smallest absolute Gasteiger partial charge is 0.226 e. The molecule has 0 bridgehead atoms. The average Bonchev–Trinajstić information content (AvgIpc) is 2.79. The fraction of sp³-hybridized carbons (Fsp3) is 0.286. The van der Waals surface area contributed by atoms with Crippen LogP contribution in [-0.4, -0.2) is 28.3 Å². The number of hydrogen-bond acceptors (Lipinski definition) is 4. The number of phenols is 1. The first kappa shape index (κ1) is 12.5. The molecule has 3 N–H and O–H groups in total. The number of hydrogen-bond donors (Lipinski definition) is 3. The zero-order valence-corrected chi connectivity index (χ0v) is 11.2. The summed E-state index contributed by atoms with van der Waals surface area (Å²) in [6.45, 7) is 1.92. The SMILES string of the molecule is COc1ccc(C2CC(=O)Nc3n[nH]c(C)c32)cc1O. The van der Waals surface area contributed by atoms with E-state index in [4.69, 9.17) is 4.74 Å². The normalized spacial score (nSPS) is 17.5. The lowest BCUT2D eigenvalue weighted by molar-refractivity contribution is -0.116. The van der Waals surface area contributed by atoms with Gasteiger partial charge in [-0.2, -0.15) is 5.10 Å². The first-order valence-corrected chi connectivity index (χ1v) is 6.31. The first-order chi connectivity index (χ1) is 9.60. The summed E-state index contributed by atoms with van der Waals surface area (Å²) in [6, 6.07) is 5.20. The van der Waals surface area contributed by atoms with Gasteiger partial charge in [-0.1, -0.05) is 6.07 Å². The summed E-state index contributed by atoms with van der Waals surface area (Å²) >= 11 is 0. The highest BCUT2D eigenvalue weighted by Crippen LogP contribution is 2.40. The number of aromatic nitrogens is 2. The Kier molecular flexibility index (Phi) is 2.85. The second-order valence-corrected chi connectivity index (χ2v) is 4.85. The Morgan fingerprint density at radius 2 is 2.25 bits per heavy atom. The van der Waals surface area contributed by atoms with Crippen LogP contribution in [0.2, 0.25) is 0 Å². The van der Waals surface area contributed by atoms with Gasteiger partial charge in [0.15, 0.2) is 17.3 Å². The number of phenolic OH excluding ortho intramolecular Hbond substituents is 1. The van der Waals surface area contributed by atoms with E-state index in [1.807, 2.05) is 13.0 Å². The molecule has 1 aromatic heterocycles. The summed E-state index contributed by atoms with van der Waals surface area (Å²) in [5, 5.41) is 19.6. The number of nitrogens with zero attached hydrogens (tertiary/aromatic N) is 1. The van der Waals surface area contributed by atoms with Crippen molar-refractivity contribution in [3.63, 3.8) is 0 Å². The van der Waals surface area contributed by atoms with Gasteiger partial charge in [-0.25, -0.2) is 0 Å². The molecule has 1 aliphatic heterocycles. The molecule has 20 heavy (non-hydrogen) atoms. The van der Waals surface area contributed by atoms with E-state index in [0.717, 1.165) is 16.8 Å². The Morgan fingerprint density at radius 3 is 2.95 bits per heavy atom. The van der Waals surface area contributed by atoms with E-state index in [-0.39, 0.29) is 17.6 Å². The van der Waals surface area contributed by atoms with Gasteiger partial charge >= 0.3 is 0 Å². The van der Waals surface area contributed by atoms with Crippen LogP contribution >= 0.6 is 0 Å². The third kappa shape index (κ3) is 1.89. The molecule has 3 rings (SSSR count). The number of fused-ring (bicyclic) bond motifs is 1. The number of aromatic hydroxyl groups is 1. The van der Waals surface area contributed by atoms with Crippen molar-refractivity contribution in [2.24, 2.45) is 0 Å². The Balaban J connectivity index is 2.08. The Bertz CT molecular complexity index is 678. The van der Waals surface area contributed by atoms with Crippen LogP contribution in [0.4, 0.5) is 5.82 Å². The summed E-state index contributed by atoms with van der Waals surface area (Å²) in [7, 11) is 1.50. The van der Waals surface area contributed by atoms with Gasteiger partial charge in [0.25, 0.3) is 0 Å². The summed E-state index contributed by atoms with van der Waals surface area (Å²) in [5.74, 6) is 0.856. The molecule has 0 fully saturated rings. The molecule has 0 aliphatic carbocycles. The van der Waals surface area contributed by atoms with Gasteiger partial charge in [0.1, 0.15) is 0 Å². The largest absolute Gasteiger partial charge is 0.504 e. The van der Waals surface area contributed by atoms with E-state index >= 15 is 0 Å². The maximum atomic E-state index is 11.8. The Hall–Kier alpha value is -2.50. The molecule has 6 nitrogen and oxygen atoms in total. The lowest BCUT2D eigenvalue weighted by atomic mass is 9.86. The minimum Gasteiger partial charge on any atom is -0.504 e. The van der Waals surface area contributed by atoms with Crippen molar-refractivity contribution < 1.29 is 14.6 Å². The molecule has 2 heterocycles. The number of aromatic amines is 1. The second-order valence-electron chi connectivity index (χ2n) is 4.85. The molecular formula is C14H15N3O3. The molecule has 0 radical (unpaired) electrons. The van der Waals surface area contributed by atoms with Gasteiger partial charge in [0.2, 0.25) is 5.91 Å². The van der Waals surface area contributed by atoms with Gasteiger partial charge < -0.3 is 15.2 Å². The highest BCUT2D eigenvalue weighted by Gasteiger charge is 2.30. The molecule has 0 saturated heterocycles. The number of ether oxygens (including phenoxy) is 1. The third-order valence-electron chi connectivity index (χ3n) is 3.60. The maximum absolute atomic E-state index is 11.8. The zero-order chi connectivity index (χ0) is 14.3. The van der Waals surface area contributed by atoms with Crippen molar-refractivity contribution in [1.82, 2.24) is 10.2 Å². The van der Waals surface area contributed by atoms with E-state index in [1.54, 1.807) is 12.1 Å². The molecule has 2 aromatic rings. The molecule has 1 amide bonds. The summed E-state index contributed by atoms with van der Waals surface area (Å²) < 4.78 is 5.04. The highest BCUT2D eigenvalue weighted by atomic mass is 16.5.